The summed E-state index contributed by atoms with van der Waals surface area (Å²) in [6, 6.07) is 0. The summed E-state index contributed by atoms with van der Waals surface area (Å²) < 4.78 is 13.6. The van der Waals surface area contributed by atoms with Gasteiger partial charge in [-0.3, -0.25) is 0 Å². The van der Waals surface area contributed by atoms with Crippen LogP contribution in [0.2, 0.25) is 4.44 Å². The molecule has 0 aliphatic carbocycles. The summed E-state index contributed by atoms with van der Waals surface area (Å²) in [5, 5.41) is 0. The predicted molar refractivity (Wildman–Crippen MR) is 84.9 cm³/mol. The Morgan fingerprint density at radius 3 is 2.42 bits per heavy atom. The Hall–Kier alpha value is 0.719. The third-order valence-electron chi connectivity index (χ3n) is 3.97. The van der Waals surface area contributed by atoms with Gasteiger partial charge in [0.2, 0.25) is 0 Å². The van der Waals surface area contributed by atoms with Crippen molar-refractivity contribution < 1.29 is 6.15 Å². The molecule has 0 amide bonds. The van der Waals surface area contributed by atoms with Gasteiger partial charge >= 0.3 is 128 Å². The zero-order valence-electron chi connectivity index (χ0n) is 13.2. The van der Waals surface area contributed by atoms with Crippen molar-refractivity contribution in [3.63, 3.8) is 0 Å². The summed E-state index contributed by atoms with van der Waals surface area (Å²) in [6.45, 7) is 5.54. The van der Waals surface area contributed by atoms with Crippen LogP contribution in [0.25, 0.3) is 0 Å². The van der Waals surface area contributed by atoms with Crippen LogP contribution in [0.1, 0.15) is 84.5 Å². The Bertz CT molecular complexity index is 193. The maximum atomic E-state index is 6.35. The average Bonchev–Trinajstić information content (AvgIpc) is 2.44. The van der Waals surface area contributed by atoms with Crippen LogP contribution in [0.3, 0.4) is 0 Å². The first-order valence-corrected chi connectivity index (χ1v) is 13.7. The minimum absolute atomic E-state index is 0.523. The van der Waals surface area contributed by atoms with Gasteiger partial charge in [0.25, 0.3) is 0 Å². The second-order valence-corrected chi connectivity index (χ2v) is 11.7. The molecule has 0 saturated carbocycles. The third kappa shape index (κ3) is 9.30. The molecule has 19 heavy (non-hydrogen) atoms. The summed E-state index contributed by atoms with van der Waals surface area (Å²) in [7, 11) is 0. The first-order valence-electron chi connectivity index (χ1n) is 8.63. The van der Waals surface area contributed by atoms with Crippen molar-refractivity contribution in [2.45, 2.75) is 95.0 Å². The number of hydrogen-bond donors (Lipinski definition) is 0. The van der Waals surface area contributed by atoms with E-state index in [4.69, 9.17) is 6.15 Å². The third-order valence-corrected chi connectivity index (χ3v) is 10.2. The molecule has 2 nitrogen and oxygen atoms in total. The number of rotatable bonds is 11. The molecule has 1 rings (SSSR count). The molecule has 0 N–H and O–H groups in total. The number of hydrogen-bond acceptors (Lipinski definition) is 2. The average molecular weight is 377 g/mol. The van der Waals surface area contributed by atoms with E-state index in [0.29, 0.717) is 6.10 Å². The van der Waals surface area contributed by atoms with Crippen LogP contribution in [0.15, 0.2) is 0 Å². The summed E-state index contributed by atoms with van der Waals surface area (Å²) >= 11 is -1.99. The molecule has 0 spiro atoms. The van der Waals surface area contributed by atoms with E-state index < -0.39 is 20.6 Å². The normalized spacial score (nSPS) is 21.5. The molecule has 2 unspecified atom stereocenters. The van der Waals surface area contributed by atoms with E-state index in [1.807, 2.05) is 0 Å². The van der Waals surface area contributed by atoms with Gasteiger partial charge in [0.05, 0.1) is 0 Å². The molecule has 1 saturated heterocycles. The zero-order chi connectivity index (χ0) is 13.8. The molecule has 0 aromatic carbocycles. The molecular formula is C16H34O2Sn. The minimum atomic E-state index is -1.99. The van der Waals surface area contributed by atoms with Gasteiger partial charge < -0.3 is 0 Å². The van der Waals surface area contributed by atoms with Gasteiger partial charge in [0, 0.05) is 0 Å². The van der Waals surface area contributed by atoms with Gasteiger partial charge in [-0.1, -0.05) is 0 Å². The summed E-state index contributed by atoms with van der Waals surface area (Å²) in [5.41, 5.74) is 0. The fourth-order valence-corrected chi connectivity index (χ4v) is 8.88. The van der Waals surface area contributed by atoms with Gasteiger partial charge in [0.15, 0.2) is 0 Å². The topological polar surface area (TPSA) is 18.5 Å². The van der Waals surface area contributed by atoms with Gasteiger partial charge in [-0.25, -0.2) is 0 Å². The molecule has 2 atom stereocenters. The second kappa shape index (κ2) is 12.5. The Morgan fingerprint density at radius 2 is 1.74 bits per heavy atom. The molecule has 1 aliphatic heterocycles. The van der Waals surface area contributed by atoms with E-state index >= 15 is 0 Å². The first-order chi connectivity index (χ1) is 9.36. The molecule has 0 bridgehead atoms. The van der Waals surface area contributed by atoms with Crippen LogP contribution in [-0.4, -0.2) is 33.3 Å². The van der Waals surface area contributed by atoms with Crippen LogP contribution < -0.4 is 0 Å². The van der Waals surface area contributed by atoms with Crippen LogP contribution in [0, 0.1) is 0 Å². The zero-order valence-corrected chi connectivity index (χ0v) is 16.5. The van der Waals surface area contributed by atoms with E-state index in [1.165, 1.54) is 75.1 Å². The van der Waals surface area contributed by atoms with Crippen LogP contribution in [0.5, 0.6) is 0 Å². The molecule has 0 radical (unpaired) electrons. The van der Waals surface area contributed by atoms with Crippen molar-refractivity contribution in [1.82, 2.24) is 0 Å². The van der Waals surface area contributed by atoms with E-state index in [0.717, 1.165) is 6.61 Å². The van der Waals surface area contributed by atoms with E-state index in [1.54, 1.807) is 0 Å². The Labute approximate surface area is 128 Å². The Kier molecular flexibility index (Phi) is 11.7. The molecule has 0 aromatic heterocycles. The molecule has 0 aromatic rings. The van der Waals surface area contributed by atoms with Crippen molar-refractivity contribution in [3.05, 3.63) is 0 Å². The van der Waals surface area contributed by atoms with E-state index in [2.05, 4.69) is 13.8 Å². The molecule has 114 valence electrons. The fourth-order valence-electron chi connectivity index (χ4n) is 2.79. The van der Waals surface area contributed by atoms with Gasteiger partial charge in [-0.05, 0) is 0 Å². The quantitative estimate of drug-likeness (QED) is 0.375. The summed E-state index contributed by atoms with van der Waals surface area (Å²) in [4.78, 5) is 0. The molecule has 3 heteroatoms. The standard InChI is InChI=1S/C12H25O.C4H8O.Sn.H/c1-3-5-6-7-8-9-11-12(13)10-4-2;1-2-3-4-5;;/h12H,3-11H2,1-2H3;1-4H2;;/q2*-1;+2;. The predicted octanol–water partition coefficient (Wildman–Crippen LogP) is 4.95. The Balaban J connectivity index is 2.09. The summed E-state index contributed by atoms with van der Waals surface area (Å²) in [5.74, 6) is 0. The second-order valence-electron chi connectivity index (χ2n) is 5.90. The van der Waals surface area contributed by atoms with Gasteiger partial charge in [0.1, 0.15) is 0 Å². The van der Waals surface area contributed by atoms with Gasteiger partial charge in [-0.2, -0.15) is 0 Å². The summed E-state index contributed by atoms with van der Waals surface area (Å²) in [6.07, 6.45) is 15.2. The molecule has 1 fully saturated rings. The van der Waals surface area contributed by atoms with Crippen molar-refractivity contribution in [1.29, 1.82) is 0 Å². The van der Waals surface area contributed by atoms with E-state index in [-0.39, 0.29) is 0 Å². The molecule has 1 aliphatic rings. The maximum absolute atomic E-state index is 6.35. The van der Waals surface area contributed by atoms with Crippen LogP contribution in [-0.2, 0) is 6.15 Å². The molecular weight excluding hydrogens is 343 g/mol. The van der Waals surface area contributed by atoms with Crippen LogP contribution >= 0.6 is 0 Å². The van der Waals surface area contributed by atoms with Crippen molar-refractivity contribution in [2.24, 2.45) is 0 Å². The first kappa shape index (κ1) is 17.8. The monoisotopic (exact) mass is 378 g/mol. The Morgan fingerprint density at radius 1 is 0.947 bits per heavy atom. The van der Waals surface area contributed by atoms with Gasteiger partial charge in [-0.15, -0.1) is 0 Å². The van der Waals surface area contributed by atoms with Crippen molar-refractivity contribution in [2.75, 3.05) is 6.61 Å². The number of unbranched alkanes of at least 4 members (excludes halogenated alkanes) is 5. The van der Waals surface area contributed by atoms with Crippen molar-refractivity contribution >= 4 is 20.6 Å². The van der Waals surface area contributed by atoms with Crippen LogP contribution in [0.4, 0.5) is 0 Å². The van der Waals surface area contributed by atoms with E-state index in [9.17, 15) is 0 Å². The van der Waals surface area contributed by atoms with Crippen molar-refractivity contribution in [3.8, 4) is 0 Å². The SMILES string of the molecule is CCCCCCCCC(CCC)[O][SnH]1[CH2]CCC[O]1. The molecule has 1 heterocycles. The fraction of sp³-hybridized carbons (Fsp3) is 1.00.